The largest absolute Gasteiger partial charge is 0.356 e. The number of hydrogen-bond donors (Lipinski definition) is 1. The smallest absolute Gasteiger partial charge is 0.0726 e. The SMILES string of the molecule is c1ccc(-n2c3ccccc3c3cc(-c4ccc(Nc5ccc6c(c5)C5(c7ccccc7-c7ccccc75)c5ccccc5-6)cc4)ccc32)cc1. The van der Waals surface area contributed by atoms with E-state index in [1.54, 1.807) is 0 Å². The van der Waals surface area contributed by atoms with Crippen LogP contribution < -0.4 is 5.32 Å². The second-order valence-corrected chi connectivity index (χ2v) is 13.8. The van der Waals surface area contributed by atoms with Crippen LogP contribution in [0.2, 0.25) is 0 Å². The number of benzene rings is 8. The standard InChI is InChI=1S/C49H32N2/c1-2-12-36(13-3-1)51-47-21-11-7-17-41(47)42-30-33(24-29-48(42)51)32-22-25-34(26-23-32)50-35-27-28-40-39-16-6-10-20-45(39)49(46(40)31-35)43-18-8-4-14-37(43)38-15-5-9-19-44(38)49/h1-31,50H. The second kappa shape index (κ2) is 10.7. The molecule has 0 radical (unpaired) electrons. The van der Waals surface area contributed by atoms with E-state index >= 15 is 0 Å². The molecular formula is C49H32N2. The van der Waals surface area contributed by atoms with E-state index in [1.165, 1.54) is 83.1 Å². The Morgan fingerprint density at radius 3 is 1.57 bits per heavy atom. The highest BCUT2D eigenvalue weighted by atomic mass is 15.0. The zero-order chi connectivity index (χ0) is 33.5. The molecule has 2 heteroatoms. The third kappa shape index (κ3) is 3.93. The van der Waals surface area contributed by atoms with Gasteiger partial charge in [-0.15, -0.1) is 0 Å². The Hall–Kier alpha value is -6.64. The molecule has 0 saturated heterocycles. The quantitative estimate of drug-likeness (QED) is 0.201. The zero-order valence-electron chi connectivity index (χ0n) is 27.8. The molecule has 2 nitrogen and oxygen atoms in total. The molecule has 2 aliphatic carbocycles. The van der Waals surface area contributed by atoms with E-state index in [2.05, 4.69) is 198 Å². The Labute approximate surface area is 296 Å². The Kier molecular flexibility index (Phi) is 5.91. The Morgan fingerprint density at radius 1 is 0.353 bits per heavy atom. The average Bonchev–Trinajstić information content (AvgIpc) is 3.80. The molecule has 9 aromatic rings. The highest BCUT2D eigenvalue weighted by Crippen LogP contribution is 2.63. The first kappa shape index (κ1) is 28.2. The van der Waals surface area contributed by atoms with Crippen molar-refractivity contribution in [3.05, 3.63) is 210 Å². The van der Waals surface area contributed by atoms with Crippen molar-refractivity contribution in [2.45, 2.75) is 5.41 Å². The maximum absolute atomic E-state index is 3.77. The van der Waals surface area contributed by atoms with Gasteiger partial charge in [0.2, 0.25) is 0 Å². The van der Waals surface area contributed by atoms with Gasteiger partial charge in [-0.3, -0.25) is 0 Å². The van der Waals surface area contributed by atoms with E-state index < -0.39 is 0 Å². The predicted octanol–water partition coefficient (Wildman–Crippen LogP) is 12.5. The van der Waals surface area contributed by atoms with E-state index in [-0.39, 0.29) is 5.41 Å². The minimum Gasteiger partial charge on any atom is -0.356 e. The van der Waals surface area contributed by atoms with Crippen LogP contribution in [0.25, 0.3) is 60.9 Å². The van der Waals surface area contributed by atoms with Crippen LogP contribution in [0.4, 0.5) is 11.4 Å². The lowest BCUT2D eigenvalue weighted by atomic mass is 9.70. The molecule has 0 saturated carbocycles. The number of fused-ring (bicyclic) bond motifs is 13. The first-order chi connectivity index (χ1) is 25.3. The van der Waals surface area contributed by atoms with Gasteiger partial charge in [0.15, 0.2) is 0 Å². The summed E-state index contributed by atoms with van der Waals surface area (Å²) < 4.78 is 2.36. The van der Waals surface area contributed by atoms with Crippen molar-refractivity contribution >= 4 is 33.2 Å². The molecule has 8 aromatic carbocycles. The van der Waals surface area contributed by atoms with Gasteiger partial charge in [0.05, 0.1) is 16.4 Å². The summed E-state index contributed by atoms with van der Waals surface area (Å²) in [5.41, 5.74) is 18.5. The molecule has 0 fully saturated rings. The third-order valence-electron chi connectivity index (χ3n) is 11.2. The maximum atomic E-state index is 3.77. The Balaban J connectivity index is 0.974. The van der Waals surface area contributed by atoms with Gasteiger partial charge in [-0.1, -0.05) is 133 Å². The fourth-order valence-electron chi connectivity index (χ4n) is 9.09. The van der Waals surface area contributed by atoms with Crippen LogP contribution in [-0.4, -0.2) is 4.57 Å². The number of para-hydroxylation sites is 2. The summed E-state index contributed by atoms with van der Waals surface area (Å²) >= 11 is 0. The van der Waals surface area contributed by atoms with Crippen molar-refractivity contribution in [1.29, 1.82) is 0 Å². The number of aromatic nitrogens is 1. The Bertz CT molecular complexity index is 2760. The highest BCUT2D eigenvalue weighted by molar-refractivity contribution is 6.10. The summed E-state index contributed by atoms with van der Waals surface area (Å²) in [5, 5.41) is 6.29. The fourth-order valence-corrected chi connectivity index (χ4v) is 9.09. The molecule has 51 heavy (non-hydrogen) atoms. The number of hydrogen-bond acceptors (Lipinski definition) is 1. The zero-order valence-corrected chi connectivity index (χ0v) is 27.8. The first-order valence-corrected chi connectivity index (χ1v) is 17.7. The van der Waals surface area contributed by atoms with E-state index in [4.69, 9.17) is 0 Å². The van der Waals surface area contributed by atoms with Crippen molar-refractivity contribution in [3.63, 3.8) is 0 Å². The molecule has 238 valence electrons. The minimum atomic E-state index is -0.344. The number of rotatable bonds is 4. The molecule has 11 rings (SSSR count). The van der Waals surface area contributed by atoms with E-state index in [0.717, 1.165) is 11.4 Å². The van der Waals surface area contributed by atoms with Crippen LogP contribution in [-0.2, 0) is 5.41 Å². The molecule has 1 spiro atoms. The van der Waals surface area contributed by atoms with Gasteiger partial charge in [0.25, 0.3) is 0 Å². The molecule has 1 heterocycles. The lowest BCUT2D eigenvalue weighted by molar-refractivity contribution is 0.794. The molecule has 1 N–H and O–H groups in total. The first-order valence-electron chi connectivity index (χ1n) is 17.7. The predicted molar refractivity (Wildman–Crippen MR) is 212 cm³/mol. The molecule has 0 unspecified atom stereocenters. The normalized spacial score (nSPS) is 13.3. The van der Waals surface area contributed by atoms with Crippen molar-refractivity contribution in [3.8, 4) is 39.1 Å². The monoisotopic (exact) mass is 648 g/mol. The molecule has 0 bridgehead atoms. The number of nitrogens with one attached hydrogen (secondary N) is 1. The van der Waals surface area contributed by atoms with Crippen LogP contribution in [0.3, 0.4) is 0 Å². The molecule has 0 amide bonds. The van der Waals surface area contributed by atoms with Gasteiger partial charge in [0, 0.05) is 27.8 Å². The van der Waals surface area contributed by atoms with Gasteiger partial charge in [-0.2, -0.15) is 0 Å². The molecule has 1 aromatic heterocycles. The van der Waals surface area contributed by atoms with Crippen molar-refractivity contribution in [2.24, 2.45) is 0 Å². The highest BCUT2D eigenvalue weighted by Gasteiger charge is 2.51. The van der Waals surface area contributed by atoms with Gasteiger partial charge < -0.3 is 9.88 Å². The summed E-state index contributed by atoms with van der Waals surface area (Å²) in [5.74, 6) is 0. The Morgan fingerprint density at radius 2 is 0.882 bits per heavy atom. The van der Waals surface area contributed by atoms with Crippen LogP contribution in [0.5, 0.6) is 0 Å². The van der Waals surface area contributed by atoms with Crippen molar-refractivity contribution in [2.75, 3.05) is 5.32 Å². The van der Waals surface area contributed by atoms with Gasteiger partial charge >= 0.3 is 0 Å². The number of anilines is 2. The van der Waals surface area contributed by atoms with Crippen molar-refractivity contribution in [1.82, 2.24) is 4.57 Å². The van der Waals surface area contributed by atoms with E-state index in [9.17, 15) is 0 Å². The second-order valence-electron chi connectivity index (χ2n) is 13.8. The third-order valence-corrected chi connectivity index (χ3v) is 11.2. The lowest BCUT2D eigenvalue weighted by Gasteiger charge is -2.30. The average molecular weight is 649 g/mol. The van der Waals surface area contributed by atoms with E-state index in [1.807, 2.05) is 0 Å². The molecule has 2 aliphatic rings. The molecular weight excluding hydrogens is 617 g/mol. The topological polar surface area (TPSA) is 17.0 Å². The van der Waals surface area contributed by atoms with E-state index in [0.29, 0.717) is 0 Å². The van der Waals surface area contributed by atoms with Crippen molar-refractivity contribution < 1.29 is 0 Å². The maximum Gasteiger partial charge on any atom is 0.0726 e. The van der Waals surface area contributed by atoms with Crippen LogP contribution >= 0.6 is 0 Å². The van der Waals surface area contributed by atoms with Crippen LogP contribution in [0, 0.1) is 0 Å². The fraction of sp³-hybridized carbons (Fsp3) is 0.0204. The minimum absolute atomic E-state index is 0.344. The lowest BCUT2D eigenvalue weighted by Crippen LogP contribution is -2.25. The summed E-state index contributed by atoms with van der Waals surface area (Å²) in [4.78, 5) is 0. The number of nitrogens with zero attached hydrogens (tertiary/aromatic N) is 1. The van der Waals surface area contributed by atoms with Gasteiger partial charge in [-0.25, -0.2) is 0 Å². The molecule has 0 atom stereocenters. The summed E-state index contributed by atoms with van der Waals surface area (Å²) in [6, 6.07) is 68.9. The summed E-state index contributed by atoms with van der Waals surface area (Å²) in [6.45, 7) is 0. The molecule has 0 aliphatic heterocycles. The van der Waals surface area contributed by atoms with Crippen LogP contribution in [0.15, 0.2) is 188 Å². The summed E-state index contributed by atoms with van der Waals surface area (Å²) in [7, 11) is 0. The van der Waals surface area contributed by atoms with Gasteiger partial charge in [0.1, 0.15) is 0 Å². The van der Waals surface area contributed by atoms with Crippen LogP contribution in [0.1, 0.15) is 22.3 Å². The summed E-state index contributed by atoms with van der Waals surface area (Å²) in [6.07, 6.45) is 0. The van der Waals surface area contributed by atoms with Gasteiger partial charge in [-0.05, 0) is 110 Å².